The molecular weight excluding hydrogens is 513 g/mol. The summed E-state index contributed by atoms with van der Waals surface area (Å²) >= 11 is 12.0. The highest BCUT2D eigenvalue weighted by Crippen LogP contribution is 2.38. The van der Waals surface area contributed by atoms with Gasteiger partial charge in [-0.1, -0.05) is 23.2 Å². The van der Waals surface area contributed by atoms with Gasteiger partial charge in [-0.3, -0.25) is 4.79 Å². The molecule has 0 spiro atoms. The van der Waals surface area contributed by atoms with Crippen LogP contribution in [0.4, 0.5) is 0 Å². The zero-order valence-corrected chi connectivity index (χ0v) is 22.2. The molecule has 0 aliphatic carbocycles. The zero-order valence-electron chi connectivity index (χ0n) is 19.9. The van der Waals surface area contributed by atoms with Gasteiger partial charge in [0.25, 0.3) is 5.91 Å². The fraction of sp³-hybridized carbons (Fsp3) is 0.417. The molecule has 11 heteroatoms. The number of halogens is 2. The highest BCUT2D eigenvalue weighted by molar-refractivity contribution is 7.89. The second-order valence-electron chi connectivity index (χ2n) is 9.03. The molecule has 2 heterocycles. The quantitative estimate of drug-likeness (QED) is 0.541. The van der Waals surface area contributed by atoms with Crippen LogP contribution in [0.1, 0.15) is 32.3 Å². The molecule has 0 unspecified atom stereocenters. The first kappa shape index (κ1) is 25.8. The SMILES string of the molecule is COc1ccc(C2=NN(C3CCN(S(=O)(=O)c4cc(Cl)cc(Cl)c4)CC3)C(=O)C2(C)C)cc1OC. The molecule has 0 aromatic heterocycles. The van der Waals surface area contributed by atoms with Gasteiger partial charge in [0.05, 0.1) is 36.3 Å². The summed E-state index contributed by atoms with van der Waals surface area (Å²) in [4.78, 5) is 13.4. The Kier molecular flexibility index (Phi) is 7.07. The maximum atomic E-state index is 13.4. The van der Waals surface area contributed by atoms with E-state index in [2.05, 4.69) is 0 Å². The lowest BCUT2D eigenvalue weighted by molar-refractivity contribution is -0.137. The summed E-state index contributed by atoms with van der Waals surface area (Å²) in [6.45, 7) is 4.19. The number of nitrogens with zero attached hydrogens (tertiary/aromatic N) is 3. The molecule has 2 aliphatic heterocycles. The average Bonchev–Trinajstić information content (AvgIpc) is 3.07. The van der Waals surface area contributed by atoms with E-state index < -0.39 is 15.4 Å². The molecule has 8 nitrogen and oxygen atoms in total. The number of hydrazone groups is 1. The van der Waals surface area contributed by atoms with Crippen LogP contribution in [0, 0.1) is 5.41 Å². The molecule has 0 bridgehead atoms. The first-order valence-electron chi connectivity index (χ1n) is 11.1. The second kappa shape index (κ2) is 9.61. The Morgan fingerprint density at radius 2 is 1.57 bits per heavy atom. The number of hydrogen-bond acceptors (Lipinski definition) is 6. The Hall–Kier alpha value is -2.33. The fourth-order valence-electron chi connectivity index (χ4n) is 4.47. The minimum absolute atomic E-state index is 0.0561. The van der Waals surface area contributed by atoms with Crippen molar-refractivity contribution in [2.75, 3.05) is 27.3 Å². The van der Waals surface area contributed by atoms with Crippen molar-refractivity contribution >= 4 is 44.8 Å². The Morgan fingerprint density at radius 1 is 0.971 bits per heavy atom. The van der Waals surface area contributed by atoms with Crippen molar-refractivity contribution < 1.29 is 22.7 Å². The van der Waals surface area contributed by atoms with E-state index in [1.807, 2.05) is 26.0 Å². The van der Waals surface area contributed by atoms with Crippen LogP contribution in [0.15, 0.2) is 46.4 Å². The summed E-state index contributed by atoms with van der Waals surface area (Å²) in [6.07, 6.45) is 0.913. The number of methoxy groups -OCH3 is 2. The van der Waals surface area contributed by atoms with Gasteiger partial charge in [-0.25, -0.2) is 13.4 Å². The Labute approximate surface area is 215 Å². The highest BCUT2D eigenvalue weighted by atomic mass is 35.5. The number of sulfonamides is 1. The number of rotatable bonds is 6. The van der Waals surface area contributed by atoms with Crippen molar-refractivity contribution in [2.24, 2.45) is 10.5 Å². The van der Waals surface area contributed by atoms with Crippen molar-refractivity contribution in [3.05, 3.63) is 52.0 Å². The van der Waals surface area contributed by atoms with E-state index in [-0.39, 0.29) is 40.0 Å². The van der Waals surface area contributed by atoms with Crippen molar-refractivity contribution in [3.63, 3.8) is 0 Å². The lowest BCUT2D eigenvalue weighted by Gasteiger charge is -2.35. The van der Waals surface area contributed by atoms with E-state index in [4.69, 9.17) is 37.8 Å². The molecule has 1 saturated heterocycles. The molecule has 35 heavy (non-hydrogen) atoms. The molecular formula is C24H27Cl2N3O5S. The largest absolute Gasteiger partial charge is 0.493 e. The minimum Gasteiger partial charge on any atom is -0.493 e. The van der Waals surface area contributed by atoms with Gasteiger partial charge in [0, 0.05) is 28.7 Å². The maximum absolute atomic E-state index is 13.4. The monoisotopic (exact) mass is 539 g/mol. The third-order valence-electron chi connectivity index (χ3n) is 6.44. The molecule has 0 N–H and O–H groups in total. The van der Waals surface area contributed by atoms with Crippen LogP contribution in [0.25, 0.3) is 0 Å². The van der Waals surface area contributed by atoms with Crippen LogP contribution in [-0.4, -0.2) is 62.7 Å². The lowest BCUT2D eigenvalue weighted by atomic mass is 9.83. The van der Waals surface area contributed by atoms with Crippen LogP contribution in [0.5, 0.6) is 11.5 Å². The van der Waals surface area contributed by atoms with E-state index in [0.29, 0.717) is 30.1 Å². The third kappa shape index (κ3) is 4.74. The minimum atomic E-state index is -3.76. The topological polar surface area (TPSA) is 88.5 Å². The molecule has 0 radical (unpaired) electrons. The smallest absolute Gasteiger partial charge is 0.254 e. The predicted molar refractivity (Wildman–Crippen MR) is 135 cm³/mol. The Morgan fingerprint density at radius 3 is 2.14 bits per heavy atom. The molecule has 0 saturated carbocycles. The van der Waals surface area contributed by atoms with Gasteiger partial charge in [0.2, 0.25) is 10.0 Å². The van der Waals surface area contributed by atoms with E-state index >= 15 is 0 Å². The zero-order chi connectivity index (χ0) is 25.5. The Balaban J connectivity index is 1.55. The van der Waals surface area contributed by atoms with Gasteiger partial charge >= 0.3 is 0 Å². The van der Waals surface area contributed by atoms with Gasteiger partial charge < -0.3 is 9.47 Å². The number of amides is 1. The number of carbonyl (C=O) groups excluding carboxylic acids is 1. The van der Waals surface area contributed by atoms with Crippen LogP contribution < -0.4 is 9.47 Å². The van der Waals surface area contributed by atoms with Crippen LogP contribution in [0.2, 0.25) is 10.0 Å². The number of carbonyl (C=O) groups is 1. The summed E-state index contributed by atoms with van der Waals surface area (Å²) in [7, 11) is -0.641. The van der Waals surface area contributed by atoms with E-state index in [1.54, 1.807) is 20.3 Å². The van der Waals surface area contributed by atoms with E-state index in [1.165, 1.54) is 27.5 Å². The molecule has 2 aromatic rings. The van der Waals surface area contributed by atoms with E-state index in [0.717, 1.165) is 5.56 Å². The molecule has 4 rings (SSSR count). The fourth-order valence-corrected chi connectivity index (χ4v) is 6.67. The van der Waals surface area contributed by atoms with Gasteiger partial charge in [-0.15, -0.1) is 0 Å². The first-order chi connectivity index (χ1) is 16.5. The van der Waals surface area contributed by atoms with Crippen LogP contribution >= 0.6 is 23.2 Å². The number of piperidine rings is 1. The van der Waals surface area contributed by atoms with Gasteiger partial charge in [0.15, 0.2) is 11.5 Å². The lowest BCUT2D eigenvalue weighted by Crippen LogP contribution is -2.47. The van der Waals surface area contributed by atoms with Gasteiger partial charge in [-0.05, 0) is 63.1 Å². The molecule has 188 valence electrons. The second-order valence-corrected chi connectivity index (χ2v) is 11.8. The van der Waals surface area contributed by atoms with Crippen molar-refractivity contribution in [3.8, 4) is 11.5 Å². The maximum Gasteiger partial charge on any atom is 0.254 e. The third-order valence-corrected chi connectivity index (χ3v) is 8.76. The summed E-state index contributed by atoms with van der Waals surface area (Å²) in [6, 6.07) is 9.50. The molecule has 2 aliphatic rings. The van der Waals surface area contributed by atoms with Crippen molar-refractivity contribution in [1.29, 1.82) is 0 Å². The Bertz CT molecular complexity index is 1270. The number of hydrogen-bond donors (Lipinski definition) is 0. The molecule has 1 fully saturated rings. The van der Waals surface area contributed by atoms with Crippen LogP contribution in [-0.2, 0) is 14.8 Å². The number of ether oxygens (including phenoxy) is 2. The highest BCUT2D eigenvalue weighted by Gasteiger charge is 2.47. The first-order valence-corrected chi connectivity index (χ1v) is 13.3. The van der Waals surface area contributed by atoms with Crippen LogP contribution in [0.3, 0.4) is 0 Å². The molecule has 2 aromatic carbocycles. The normalized spacial score (nSPS) is 19.1. The molecule has 1 amide bonds. The van der Waals surface area contributed by atoms with Gasteiger partial charge in [0.1, 0.15) is 0 Å². The average molecular weight is 540 g/mol. The van der Waals surface area contributed by atoms with Gasteiger partial charge in [-0.2, -0.15) is 9.41 Å². The van der Waals surface area contributed by atoms with Crippen molar-refractivity contribution in [1.82, 2.24) is 9.31 Å². The van der Waals surface area contributed by atoms with Crippen molar-refractivity contribution in [2.45, 2.75) is 37.6 Å². The summed E-state index contributed by atoms with van der Waals surface area (Å²) in [5.74, 6) is 1.02. The standard InChI is InChI=1S/C24H27Cl2N3O5S/c1-24(2)22(15-5-6-20(33-3)21(11-15)34-4)27-29(23(24)30)18-7-9-28(10-8-18)35(31,32)19-13-16(25)12-17(26)14-19/h5-6,11-14,18H,7-10H2,1-4H3. The number of benzene rings is 2. The summed E-state index contributed by atoms with van der Waals surface area (Å²) in [5, 5.41) is 6.75. The summed E-state index contributed by atoms with van der Waals surface area (Å²) in [5.41, 5.74) is 0.550. The molecule has 0 atom stereocenters. The van der Waals surface area contributed by atoms with E-state index in [9.17, 15) is 13.2 Å². The predicted octanol–water partition coefficient (Wildman–Crippen LogP) is 4.44. The summed E-state index contributed by atoms with van der Waals surface area (Å²) < 4.78 is 38.4.